The molecule has 43 heavy (non-hydrogen) atoms. The van der Waals surface area contributed by atoms with Gasteiger partial charge in [-0.05, 0) is 76.4 Å². The molecule has 2 atom stereocenters. The van der Waals surface area contributed by atoms with Crippen LogP contribution in [0.2, 0.25) is 0 Å². The first kappa shape index (κ1) is 38.4. The third kappa shape index (κ3) is 22.4. The second-order valence-electron chi connectivity index (χ2n) is 13.7. The predicted octanol–water partition coefficient (Wildman–Crippen LogP) is 13.3. The number of allylic oxidation sites excluding steroid dienone is 4. The summed E-state index contributed by atoms with van der Waals surface area (Å²) in [5.41, 5.74) is 0. The summed E-state index contributed by atoms with van der Waals surface area (Å²) >= 11 is 0. The average Bonchev–Trinajstić information content (AvgIpc) is 2.96. The Morgan fingerprint density at radius 2 is 0.837 bits per heavy atom. The maximum Gasteiger partial charge on any atom is 0.0996 e. The quantitative estimate of drug-likeness (QED) is 0.0566. The van der Waals surface area contributed by atoms with Crippen molar-refractivity contribution in [1.82, 2.24) is 0 Å². The third-order valence-corrected chi connectivity index (χ3v) is 9.61. The maximum absolute atomic E-state index is 6.78. The van der Waals surface area contributed by atoms with Crippen LogP contribution in [0, 0.1) is 0 Å². The van der Waals surface area contributed by atoms with Crippen molar-refractivity contribution < 1.29 is 14.2 Å². The summed E-state index contributed by atoms with van der Waals surface area (Å²) in [4.78, 5) is 0. The van der Waals surface area contributed by atoms with Gasteiger partial charge < -0.3 is 14.2 Å². The van der Waals surface area contributed by atoms with Crippen molar-refractivity contribution in [3.63, 3.8) is 0 Å². The first-order chi connectivity index (χ1) is 21.3. The van der Waals surface area contributed by atoms with Crippen molar-refractivity contribution in [3.05, 3.63) is 23.7 Å². The summed E-state index contributed by atoms with van der Waals surface area (Å²) in [5.74, 6) is 2.54. The molecule has 0 aliphatic carbocycles. The maximum atomic E-state index is 6.78. The van der Waals surface area contributed by atoms with Gasteiger partial charge in [-0.15, -0.1) is 0 Å². The lowest BCUT2D eigenvalue weighted by Crippen LogP contribution is -2.26. The number of unbranched alkanes of at least 4 members (excludes halogenated alkanes) is 20. The molecule has 2 aliphatic rings. The van der Waals surface area contributed by atoms with E-state index in [1.807, 2.05) is 0 Å². The molecule has 2 fully saturated rings. The molecule has 3 heteroatoms. The molecule has 0 N–H and O–H groups in total. The number of hydrogen-bond acceptors (Lipinski definition) is 3. The van der Waals surface area contributed by atoms with Crippen molar-refractivity contribution in [2.45, 2.75) is 219 Å². The summed E-state index contributed by atoms with van der Waals surface area (Å²) in [7, 11) is 0. The smallest absolute Gasteiger partial charge is 0.0996 e. The van der Waals surface area contributed by atoms with E-state index < -0.39 is 0 Å². The normalized spacial score (nSPS) is 18.9. The van der Waals surface area contributed by atoms with Crippen LogP contribution in [0.3, 0.4) is 0 Å². The van der Waals surface area contributed by atoms with Gasteiger partial charge in [0.1, 0.15) is 0 Å². The van der Waals surface area contributed by atoms with Crippen LogP contribution in [0.1, 0.15) is 206 Å². The van der Waals surface area contributed by atoms with Gasteiger partial charge in [0.25, 0.3) is 0 Å². The molecule has 0 bridgehead atoms. The molecule has 2 unspecified atom stereocenters. The molecule has 0 saturated carbocycles. The highest BCUT2D eigenvalue weighted by molar-refractivity contribution is 5.03. The molecule has 0 amide bonds. The van der Waals surface area contributed by atoms with E-state index in [1.165, 1.54) is 191 Å². The Kier molecular flexibility index (Phi) is 25.6. The molecule has 3 nitrogen and oxygen atoms in total. The summed E-state index contributed by atoms with van der Waals surface area (Å²) in [6.45, 7) is 6.60. The van der Waals surface area contributed by atoms with Gasteiger partial charge in [0, 0.05) is 26.1 Å². The lowest BCUT2D eigenvalue weighted by atomic mass is 10.0. The minimum atomic E-state index is 0.584. The van der Waals surface area contributed by atoms with Crippen LogP contribution in [0.4, 0.5) is 0 Å². The van der Waals surface area contributed by atoms with Crippen LogP contribution in [-0.2, 0) is 14.2 Å². The van der Waals surface area contributed by atoms with Gasteiger partial charge in [0.05, 0.1) is 23.7 Å². The summed E-state index contributed by atoms with van der Waals surface area (Å²) < 4.78 is 17.9. The molecule has 2 saturated heterocycles. The van der Waals surface area contributed by atoms with E-state index in [0.29, 0.717) is 12.2 Å². The minimum Gasteiger partial charge on any atom is -0.467 e. The number of ether oxygens (including phenoxy) is 3. The van der Waals surface area contributed by atoms with E-state index in [1.54, 1.807) is 0 Å². The van der Waals surface area contributed by atoms with Crippen LogP contribution >= 0.6 is 0 Å². The fourth-order valence-corrected chi connectivity index (χ4v) is 6.36. The Morgan fingerprint density at radius 1 is 0.488 bits per heavy atom. The number of hydrogen-bond donors (Lipinski definition) is 0. The lowest BCUT2D eigenvalue weighted by molar-refractivity contribution is -0.0557. The van der Waals surface area contributed by atoms with Gasteiger partial charge in [-0.1, -0.05) is 129 Å². The van der Waals surface area contributed by atoms with Crippen LogP contribution in [0.25, 0.3) is 0 Å². The molecule has 2 heterocycles. The molecule has 0 aromatic carbocycles. The largest absolute Gasteiger partial charge is 0.467 e. The van der Waals surface area contributed by atoms with E-state index in [9.17, 15) is 0 Å². The topological polar surface area (TPSA) is 27.7 Å². The van der Waals surface area contributed by atoms with E-state index in [4.69, 9.17) is 14.2 Å². The summed E-state index contributed by atoms with van der Waals surface area (Å²) in [6, 6.07) is 0. The Balaban J connectivity index is 1.76. The Labute approximate surface area is 269 Å². The summed E-state index contributed by atoms with van der Waals surface area (Å²) in [5, 5.41) is 0. The Morgan fingerprint density at radius 3 is 1.21 bits per heavy atom. The molecule has 0 aromatic rings. The molecule has 2 aliphatic heterocycles. The standard InChI is InChI=1S/C40H74O3/c1-3-5-7-9-15-23-29-39(31-25-19-13-11-17-21-27-37-33-35-41-37)43-40(30-24-16-10-8-6-4-2)32-26-20-14-12-18-22-28-38-34-36-42-38/h31-32,37-38H,3-30,33-36H2,1-2H3/b39-31-,40-32-. The van der Waals surface area contributed by atoms with Gasteiger partial charge in [-0.2, -0.15) is 0 Å². The zero-order valence-electron chi connectivity index (χ0n) is 29.2. The third-order valence-electron chi connectivity index (χ3n) is 9.61. The molecule has 2 rings (SSSR count). The van der Waals surface area contributed by atoms with Crippen LogP contribution in [-0.4, -0.2) is 25.4 Å². The molecule has 0 aromatic heterocycles. The van der Waals surface area contributed by atoms with E-state index in [2.05, 4.69) is 26.0 Å². The fraction of sp³-hybridized carbons (Fsp3) is 0.900. The molecule has 0 radical (unpaired) electrons. The number of rotatable bonds is 32. The molecular formula is C40H74O3. The highest BCUT2D eigenvalue weighted by Gasteiger charge is 2.17. The van der Waals surface area contributed by atoms with Crippen molar-refractivity contribution in [1.29, 1.82) is 0 Å². The Hall–Kier alpha value is -0.800. The van der Waals surface area contributed by atoms with Gasteiger partial charge in [-0.3, -0.25) is 0 Å². The SMILES string of the molecule is CCCCCCCC/C(=C/CCCCCCCC1CCO1)O/C(=C\CCCCCCCC1CCO1)CCCCCCCC. The predicted molar refractivity (Wildman–Crippen MR) is 187 cm³/mol. The molecule has 0 spiro atoms. The highest BCUT2D eigenvalue weighted by atomic mass is 16.5. The first-order valence-electron chi connectivity index (χ1n) is 19.6. The van der Waals surface area contributed by atoms with E-state index in [-0.39, 0.29) is 0 Å². The lowest BCUT2D eigenvalue weighted by Gasteiger charge is -2.26. The second kappa shape index (κ2) is 28.7. The highest BCUT2D eigenvalue weighted by Crippen LogP contribution is 2.24. The van der Waals surface area contributed by atoms with Crippen molar-refractivity contribution in [2.24, 2.45) is 0 Å². The fourth-order valence-electron chi connectivity index (χ4n) is 6.36. The van der Waals surface area contributed by atoms with Crippen LogP contribution in [0.5, 0.6) is 0 Å². The van der Waals surface area contributed by atoms with Gasteiger partial charge in [0.15, 0.2) is 0 Å². The van der Waals surface area contributed by atoms with Crippen molar-refractivity contribution >= 4 is 0 Å². The van der Waals surface area contributed by atoms with Crippen LogP contribution in [0.15, 0.2) is 23.7 Å². The average molecular weight is 603 g/mol. The monoisotopic (exact) mass is 603 g/mol. The van der Waals surface area contributed by atoms with Crippen molar-refractivity contribution in [2.75, 3.05) is 13.2 Å². The van der Waals surface area contributed by atoms with Crippen molar-refractivity contribution in [3.8, 4) is 0 Å². The first-order valence-corrected chi connectivity index (χ1v) is 19.6. The van der Waals surface area contributed by atoms with E-state index in [0.717, 1.165) is 26.1 Å². The van der Waals surface area contributed by atoms with Gasteiger partial charge >= 0.3 is 0 Å². The van der Waals surface area contributed by atoms with Crippen LogP contribution < -0.4 is 0 Å². The molecular weight excluding hydrogens is 528 g/mol. The van der Waals surface area contributed by atoms with Gasteiger partial charge in [-0.25, -0.2) is 0 Å². The summed E-state index contributed by atoms with van der Waals surface area (Å²) in [6.07, 6.45) is 45.4. The van der Waals surface area contributed by atoms with Gasteiger partial charge in [0.2, 0.25) is 0 Å². The Bertz CT molecular complexity index is 605. The zero-order valence-corrected chi connectivity index (χ0v) is 29.2. The minimum absolute atomic E-state index is 0.584. The molecule has 252 valence electrons. The second-order valence-corrected chi connectivity index (χ2v) is 13.7. The van der Waals surface area contributed by atoms with E-state index >= 15 is 0 Å². The zero-order chi connectivity index (χ0) is 30.5.